The Kier molecular flexibility index (Phi) is 6.60. The van der Waals surface area contributed by atoms with Gasteiger partial charge in [-0.1, -0.05) is 30.3 Å². The second-order valence-electron chi connectivity index (χ2n) is 6.32. The number of carbonyl (C=O) groups excluding carboxylic acids is 1. The highest BCUT2D eigenvalue weighted by atomic mass is 16.7. The van der Waals surface area contributed by atoms with Gasteiger partial charge in [0, 0.05) is 20.2 Å². The van der Waals surface area contributed by atoms with Crippen LogP contribution >= 0.6 is 0 Å². The molecule has 3 rings (SSSR count). The molecule has 0 fully saturated rings. The maximum absolute atomic E-state index is 12.0. The first-order chi connectivity index (χ1) is 13.6. The molecule has 1 heterocycles. The van der Waals surface area contributed by atoms with Crippen molar-refractivity contribution in [3.8, 4) is 17.2 Å². The zero-order valence-electron chi connectivity index (χ0n) is 16.3. The number of nitrogens with zero attached hydrogens (tertiary/aromatic N) is 1. The van der Waals surface area contributed by atoms with E-state index < -0.39 is 18.3 Å². The van der Waals surface area contributed by atoms with Crippen LogP contribution in [0.4, 0.5) is 4.79 Å². The van der Waals surface area contributed by atoms with Crippen LogP contribution in [0.25, 0.3) is 0 Å². The number of fused-ring (bicyclic) bond motifs is 1. The Bertz CT molecular complexity index is 782. The monoisotopic (exact) mass is 387 g/mol. The van der Waals surface area contributed by atoms with E-state index in [0.717, 1.165) is 5.56 Å². The molecule has 0 radical (unpaired) electrons. The SMILES string of the molecule is CCOC(=O)N(C)CC(OC)C(Oc1ccc2c(c1)OCO2)c1ccccc1. The van der Waals surface area contributed by atoms with E-state index in [1.165, 1.54) is 4.90 Å². The quantitative estimate of drug-likeness (QED) is 0.689. The predicted octanol–water partition coefficient (Wildman–Crippen LogP) is 3.64. The summed E-state index contributed by atoms with van der Waals surface area (Å²) < 4.78 is 27.8. The van der Waals surface area contributed by atoms with Gasteiger partial charge in [-0.3, -0.25) is 0 Å². The summed E-state index contributed by atoms with van der Waals surface area (Å²) in [6.45, 7) is 2.59. The van der Waals surface area contributed by atoms with E-state index in [9.17, 15) is 4.79 Å². The third kappa shape index (κ3) is 4.67. The van der Waals surface area contributed by atoms with Crippen LogP contribution in [0.2, 0.25) is 0 Å². The average molecular weight is 387 g/mol. The smallest absolute Gasteiger partial charge is 0.409 e. The van der Waals surface area contributed by atoms with Crippen molar-refractivity contribution in [1.82, 2.24) is 4.90 Å². The third-order valence-electron chi connectivity index (χ3n) is 4.41. The Morgan fingerprint density at radius 2 is 1.89 bits per heavy atom. The zero-order valence-corrected chi connectivity index (χ0v) is 16.3. The summed E-state index contributed by atoms with van der Waals surface area (Å²) in [7, 11) is 3.27. The lowest BCUT2D eigenvalue weighted by atomic mass is 10.0. The molecule has 2 atom stereocenters. The minimum absolute atomic E-state index is 0.200. The van der Waals surface area contributed by atoms with Gasteiger partial charge in [-0.25, -0.2) is 4.79 Å². The number of amides is 1. The standard InChI is InChI=1S/C21H25NO6/c1-4-25-21(23)22(2)13-19(24-3)20(15-8-6-5-7-9-15)28-16-10-11-17-18(12-16)27-14-26-17/h5-12,19-20H,4,13-14H2,1-3H3. The number of benzene rings is 2. The molecule has 0 aromatic heterocycles. The largest absolute Gasteiger partial charge is 0.483 e. The van der Waals surface area contributed by atoms with Gasteiger partial charge in [0.2, 0.25) is 6.79 Å². The summed E-state index contributed by atoms with van der Waals surface area (Å²) in [5, 5.41) is 0. The predicted molar refractivity (Wildman–Crippen MR) is 103 cm³/mol. The van der Waals surface area contributed by atoms with Crippen molar-refractivity contribution in [2.45, 2.75) is 19.1 Å². The van der Waals surface area contributed by atoms with E-state index in [1.807, 2.05) is 42.5 Å². The lowest BCUT2D eigenvalue weighted by Gasteiger charge is -2.30. The van der Waals surface area contributed by atoms with Gasteiger partial charge in [-0.2, -0.15) is 0 Å². The molecule has 0 bridgehead atoms. The van der Waals surface area contributed by atoms with Crippen molar-refractivity contribution >= 4 is 6.09 Å². The van der Waals surface area contributed by atoms with Crippen LogP contribution < -0.4 is 14.2 Å². The lowest BCUT2D eigenvalue weighted by molar-refractivity contribution is -0.0158. The number of hydrogen-bond donors (Lipinski definition) is 0. The van der Waals surface area contributed by atoms with E-state index in [-0.39, 0.29) is 6.79 Å². The van der Waals surface area contributed by atoms with Crippen LogP contribution in [0.1, 0.15) is 18.6 Å². The highest BCUT2D eigenvalue weighted by Crippen LogP contribution is 2.37. The van der Waals surface area contributed by atoms with Gasteiger partial charge in [0.05, 0.1) is 13.2 Å². The van der Waals surface area contributed by atoms with E-state index in [0.29, 0.717) is 30.4 Å². The first kappa shape index (κ1) is 19.8. The van der Waals surface area contributed by atoms with Gasteiger partial charge in [0.15, 0.2) is 17.6 Å². The molecule has 1 aliphatic heterocycles. The number of ether oxygens (including phenoxy) is 5. The summed E-state index contributed by atoms with van der Waals surface area (Å²) in [4.78, 5) is 13.5. The number of likely N-dealkylation sites (N-methyl/N-ethyl adjacent to an activating group) is 1. The Labute approximate surface area is 164 Å². The molecular formula is C21H25NO6. The molecule has 2 aromatic rings. The molecule has 2 aromatic carbocycles. The van der Waals surface area contributed by atoms with Crippen LogP contribution in [0.15, 0.2) is 48.5 Å². The Hall–Kier alpha value is -2.93. The molecule has 1 amide bonds. The normalized spacial score (nSPS) is 14.2. The third-order valence-corrected chi connectivity index (χ3v) is 4.41. The van der Waals surface area contributed by atoms with Crippen molar-refractivity contribution in [3.05, 3.63) is 54.1 Å². The second kappa shape index (κ2) is 9.32. The summed E-state index contributed by atoms with van der Waals surface area (Å²) in [5.41, 5.74) is 0.935. The molecule has 0 aliphatic carbocycles. The maximum atomic E-state index is 12.0. The van der Waals surface area contributed by atoms with Crippen LogP contribution in [0, 0.1) is 0 Å². The summed E-state index contributed by atoms with van der Waals surface area (Å²) >= 11 is 0. The minimum Gasteiger partial charge on any atom is -0.483 e. The van der Waals surface area contributed by atoms with Crippen molar-refractivity contribution in [2.75, 3.05) is 34.1 Å². The van der Waals surface area contributed by atoms with Gasteiger partial charge in [0.1, 0.15) is 11.9 Å². The zero-order chi connectivity index (χ0) is 19.9. The molecule has 0 spiro atoms. The molecule has 0 N–H and O–H groups in total. The van der Waals surface area contributed by atoms with Crippen LogP contribution in [-0.2, 0) is 9.47 Å². The van der Waals surface area contributed by atoms with E-state index in [2.05, 4.69) is 0 Å². The summed E-state index contributed by atoms with van der Waals surface area (Å²) in [6.07, 6.45) is -1.26. The van der Waals surface area contributed by atoms with Crippen LogP contribution in [-0.4, -0.2) is 51.2 Å². The molecule has 7 nitrogen and oxygen atoms in total. The molecule has 28 heavy (non-hydrogen) atoms. The first-order valence-corrected chi connectivity index (χ1v) is 9.14. The fourth-order valence-electron chi connectivity index (χ4n) is 2.97. The molecular weight excluding hydrogens is 362 g/mol. The van der Waals surface area contributed by atoms with E-state index in [4.69, 9.17) is 23.7 Å². The van der Waals surface area contributed by atoms with Gasteiger partial charge in [-0.15, -0.1) is 0 Å². The maximum Gasteiger partial charge on any atom is 0.409 e. The molecule has 1 aliphatic rings. The molecule has 7 heteroatoms. The van der Waals surface area contributed by atoms with Gasteiger partial charge in [-0.05, 0) is 24.6 Å². The topological polar surface area (TPSA) is 66.5 Å². The van der Waals surface area contributed by atoms with Crippen LogP contribution in [0.3, 0.4) is 0 Å². The average Bonchev–Trinajstić information content (AvgIpc) is 3.19. The van der Waals surface area contributed by atoms with E-state index in [1.54, 1.807) is 27.1 Å². The molecule has 2 unspecified atom stereocenters. The number of rotatable bonds is 8. The molecule has 0 saturated heterocycles. The Morgan fingerprint density at radius 3 is 2.61 bits per heavy atom. The molecule has 0 saturated carbocycles. The molecule has 150 valence electrons. The Morgan fingerprint density at radius 1 is 1.14 bits per heavy atom. The van der Waals surface area contributed by atoms with Gasteiger partial charge >= 0.3 is 6.09 Å². The lowest BCUT2D eigenvalue weighted by Crippen LogP contribution is -2.40. The highest BCUT2D eigenvalue weighted by molar-refractivity contribution is 5.67. The second-order valence-corrected chi connectivity index (χ2v) is 6.32. The van der Waals surface area contributed by atoms with Gasteiger partial charge in [0.25, 0.3) is 0 Å². The number of hydrogen-bond acceptors (Lipinski definition) is 6. The van der Waals surface area contributed by atoms with Crippen molar-refractivity contribution in [1.29, 1.82) is 0 Å². The summed E-state index contributed by atoms with van der Waals surface area (Å²) in [6, 6.07) is 15.2. The Balaban J connectivity index is 1.82. The number of carbonyl (C=O) groups is 1. The minimum atomic E-state index is -0.441. The van der Waals surface area contributed by atoms with Crippen molar-refractivity contribution < 1.29 is 28.5 Å². The van der Waals surface area contributed by atoms with Gasteiger partial charge < -0.3 is 28.6 Å². The highest BCUT2D eigenvalue weighted by Gasteiger charge is 2.29. The van der Waals surface area contributed by atoms with Crippen molar-refractivity contribution in [3.63, 3.8) is 0 Å². The van der Waals surface area contributed by atoms with E-state index >= 15 is 0 Å². The van der Waals surface area contributed by atoms with Crippen LogP contribution in [0.5, 0.6) is 17.2 Å². The first-order valence-electron chi connectivity index (χ1n) is 9.14. The number of methoxy groups -OCH3 is 1. The van der Waals surface area contributed by atoms with Crippen molar-refractivity contribution in [2.24, 2.45) is 0 Å². The summed E-state index contributed by atoms with van der Waals surface area (Å²) in [5.74, 6) is 1.95. The fourth-order valence-corrected chi connectivity index (χ4v) is 2.97. The fraction of sp³-hybridized carbons (Fsp3) is 0.381.